The zero-order valence-electron chi connectivity index (χ0n) is 14.8. The van der Waals surface area contributed by atoms with E-state index in [1.165, 1.54) is 6.42 Å². The molecular formula is C16H28N6O2. The number of aliphatic imine (C=N–C) groups is 1. The third-order valence-electron chi connectivity index (χ3n) is 4.81. The van der Waals surface area contributed by atoms with E-state index in [0.29, 0.717) is 24.8 Å². The summed E-state index contributed by atoms with van der Waals surface area (Å²) in [5.41, 5.74) is 0. The highest BCUT2D eigenvalue weighted by molar-refractivity contribution is 5.80. The van der Waals surface area contributed by atoms with E-state index in [0.717, 1.165) is 50.0 Å². The molecule has 2 fully saturated rings. The number of aryl methyl sites for hydroxylation is 1. The van der Waals surface area contributed by atoms with Gasteiger partial charge in [-0.15, -0.1) is 10.2 Å². The lowest BCUT2D eigenvalue weighted by Crippen LogP contribution is -2.47. The van der Waals surface area contributed by atoms with Crippen molar-refractivity contribution in [1.29, 1.82) is 0 Å². The van der Waals surface area contributed by atoms with Crippen molar-refractivity contribution < 1.29 is 9.47 Å². The van der Waals surface area contributed by atoms with Crippen LogP contribution in [0.5, 0.6) is 0 Å². The van der Waals surface area contributed by atoms with E-state index in [1.54, 1.807) is 7.11 Å². The van der Waals surface area contributed by atoms with Crippen molar-refractivity contribution in [3.05, 3.63) is 11.6 Å². The summed E-state index contributed by atoms with van der Waals surface area (Å²) in [6.07, 6.45) is 5.07. The van der Waals surface area contributed by atoms with Crippen molar-refractivity contribution in [2.75, 3.05) is 20.3 Å². The summed E-state index contributed by atoms with van der Waals surface area (Å²) < 4.78 is 13.0. The number of nitrogens with zero attached hydrogens (tertiary/aromatic N) is 4. The maximum Gasteiger partial charge on any atom is 0.192 e. The van der Waals surface area contributed by atoms with E-state index >= 15 is 0 Å². The third-order valence-corrected chi connectivity index (χ3v) is 4.81. The lowest BCUT2D eigenvalue weighted by atomic mass is 9.96. The van der Waals surface area contributed by atoms with Crippen LogP contribution in [-0.4, -0.2) is 59.2 Å². The zero-order valence-corrected chi connectivity index (χ0v) is 14.8. The Hall–Kier alpha value is -1.67. The van der Waals surface area contributed by atoms with Crippen LogP contribution >= 0.6 is 0 Å². The lowest BCUT2D eigenvalue weighted by molar-refractivity contribution is 0.0992. The Labute approximate surface area is 143 Å². The molecule has 0 radical (unpaired) electrons. The SMILES string of the molecule is COCCCNC(=NCc1nnc(C)n1C)NC1CC2CCC1O2. The van der Waals surface area contributed by atoms with Crippen LogP contribution in [0.2, 0.25) is 0 Å². The minimum atomic E-state index is 0.318. The summed E-state index contributed by atoms with van der Waals surface area (Å²) in [7, 11) is 3.68. The predicted molar refractivity (Wildman–Crippen MR) is 90.8 cm³/mol. The molecule has 1 aromatic heterocycles. The summed E-state index contributed by atoms with van der Waals surface area (Å²) in [5, 5.41) is 15.2. The molecule has 24 heavy (non-hydrogen) atoms. The van der Waals surface area contributed by atoms with Gasteiger partial charge in [0.15, 0.2) is 11.8 Å². The van der Waals surface area contributed by atoms with Gasteiger partial charge in [-0.2, -0.15) is 0 Å². The van der Waals surface area contributed by atoms with Crippen LogP contribution in [0.25, 0.3) is 0 Å². The molecule has 3 heterocycles. The molecule has 2 bridgehead atoms. The molecule has 3 atom stereocenters. The smallest absolute Gasteiger partial charge is 0.192 e. The lowest BCUT2D eigenvalue weighted by Gasteiger charge is -2.23. The molecule has 2 aliphatic heterocycles. The van der Waals surface area contributed by atoms with Crippen LogP contribution in [0.3, 0.4) is 0 Å². The Morgan fingerprint density at radius 2 is 2.29 bits per heavy atom. The molecule has 2 aliphatic rings. The standard InChI is InChI=1S/C16H28N6O2/c1-11-20-21-15(22(11)2)10-18-16(17-7-4-8-23-3)19-13-9-12-5-6-14(13)24-12/h12-14H,4-10H2,1-3H3,(H2,17,18,19). The van der Waals surface area contributed by atoms with E-state index in [-0.39, 0.29) is 0 Å². The van der Waals surface area contributed by atoms with Crippen LogP contribution in [0, 0.1) is 6.92 Å². The summed E-state index contributed by atoms with van der Waals surface area (Å²) in [5.74, 6) is 2.56. The van der Waals surface area contributed by atoms with E-state index in [1.807, 2.05) is 18.5 Å². The highest BCUT2D eigenvalue weighted by atomic mass is 16.5. The molecule has 2 N–H and O–H groups in total. The second kappa shape index (κ2) is 7.94. The predicted octanol–water partition coefficient (Wildman–Crippen LogP) is 0.515. The maximum atomic E-state index is 5.92. The van der Waals surface area contributed by atoms with Gasteiger partial charge in [0.1, 0.15) is 12.4 Å². The van der Waals surface area contributed by atoms with Crippen molar-refractivity contribution in [2.24, 2.45) is 12.0 Å². The Bertz CT molecular complexity index is 573. The van der Waals surface area contributed by atoms with Crippen LogP contribution in [0.15, 0.2) is 4.99 Å². The highest BCUT2D eigenvalue weighted by Crippen LogP contribution is 2.34. The normalized spacial score (nSPS) is 26.1. The Morgan fingerprint density at radius 3 is 2.92 bits per heavy atom. The number of rotatable bonds is 7. The number of hydrogen-bond donors (Lipinski definition) is 2. The minimum absolute atomic E-state index is 0.318. The van der Waals surface area contributed by atoms with Crippen molar-refractivity contribution in [2.45, 2.75) is 57.4 Å². The van der Waals surface area contributed by atoms with Gasteiger partial charge in [0.25, 0.3) is 0 Å². The highest BCUT2D eigenvalue weighted by Gasteiger charge is 2.41. The number of guanidine groups is 1. The number of ether oxygens (including phenoxy) is 2. The van der Waals surface area contributed by atoms with Gasteiger partial charge in [0.2, 0.25) is 0 Å². The first-order valence-corrected chi connectivity index (χ1v) is 8.71. The van der Waals surface area contributed by atoms with Gasteiger partial charge in [-0.25, -0.2) is 4.99 Å². The van der Waals surface area contributed by atoms with Gasteiger partial charge in [-0.1, -0.05) is 0 Å². The van der Waals surface area contributed by atoms with E-state index in [2.05, 4.69) is 25.8 Å². The van der Waals surface area contributed by atoms with Gasteiger partial charge >= 0.3 is 0 Å². The monoisotopic (exact) mass is 336 g/mol. The van der Waals surface area contributed by atoms with Crippen LogP contribution in [0.1, 0.15) is 37.3 Å². The van der Waals surface area contributed by atoms with Crippen molar-refractivity contribution in [1.82, 2.24) is 25.4 Å². The second-order valence-corrected chi connectivity index (χ2v) is 6.52. The van der Waals surface area contributed by atoms with Gasteiger partial charge in [-0.3, -0.25) is 0 Å². The molecule has 3 unspecified atom stereocenters. The fourth-order valence-corrected chi connectivity index (χ4v) is 3.28. The molecule has 0 aromatic carbocycles. The van der Waals surface area contributed by atoms with Gasteiger partial charge in [-0.05, 0) is 32.6 Å². The second-order valence-electron chi connectivity index (χ2n) is 6.52. The number of methoxy groups -OCH3 is 1. The van der Waals surface area contributed by atoms with E-state index < -0.39 is 0 Å². The Morgan fingerprint density at radius 1 is 1.42 bits per heavy atom. The third kappa shape index (κ3) is 4.05. The molecular weight excluding hydrogens is 308 g/mol. The van der Waals surface area contributed by atoms with Gasteiger partial charge in [0.05, 0.1) is 18.2 Å². The number of aromatic nitrogens is 3. The molecule has 0 aliphatic carbocycles. The molecule has 0 spiro atoms. The van der Waals surface area contributed by atoms with Crippen LogP contribution in [0.4, 0.5) is 0 Å². The van der Waals surface area contributed by atoms with Gasteiger partial charge < -0.3 is 24.7 Å². The molecule has 2 saturated heterocycles. The average Bonchev–Trinajstić information content (AvgIpc) is 3.27. The van der Waals surface area contributed by atoms with Crippen molar-refractivity contribution in [3.63, 3.8) is 0 Å². The molecule has 1 aromatic rings. The fourth-order valence-electron chi connectivity index (χ4n) is 3.28. The Balaban J connectivity index is 1.60. The largest absolute Gasteiger partial charge is 0.385 e. The average molecular weight is 336 g/mol. The number of fused-ring (bicyclic) bond motifs is 2. The molecule has 8 nitrogen and oxygen atoms in total. The number of hydrogen-bond acceptors (Lipinski definition) is 5. The van der Waals surface area contributed by atoms with Crippen LogP contribution in [-0.2, 0) is 23.1 Å². The summed E-state index contributed by atoms with van der Waals surface area (Å²) in [4.78, 5) is 4.69. The van der Waals surface area contributed by atoms with E-state index in [9.17, 15) is 0 Å². The van der Waals surface area contributed by atoms with Gasteiger partial charge in [0, 0.05) is 27.3 Å². The molecule has 0 amide bonds. The van der Waals surface area contributed by atoms with Crippen molar-refractivity contribution >= 4 is 5.96 Å². The fraction of sp³-hybridized carbons (Fsp3) is 0.812. The molecule has 0 saturated carbocycles. The van der Waals surface area contributed by atoms with E-state index in [4.69, 9.17) is 9.47 Å². The first-order valence-electron chi connectivity index (χ1n) is 8.71. The first-order chi connectivity index (χ1) is 11.7. The summed E-state index contributed by atoms with van der Waals surface area (Å²) in [6, 6.07) is 0.346. The topological polar surface area (TPSA) is 85.6 Å². The van der Waals surface area contributed by atoms with Crippen LogP contribution < -0.4 is 10.6 Å². The zero-order chi connectivity index (χ0) is 16.9. The quantitative estimate of drug-likeness (QED) is 0.429. The first kappa shape index (κ1) is 17.2. The van der Waals surface area contributed by atoms with Crippen molar-refractivity contribution in [3.8, 4) is 0 Å². The minimum Gasteiger partial charge on any atom is -0.385 e. The molecule has 134 valence electrons. The molecule has 8 heteroatoms. The maximum absolute atomic E-state index is 5.92. The summed E-state index contributed by atoms with van der Waals surface area (Å²) >= 11 is 0. The summed E-state index contributed by atoms with van der Waals surface area (Å²) in [6.45, 7) is 3.99. The molecule has 3 rings (SSSR count). The Kier molecular flexibility index (Phi) is 5.68. The number of nitrogens with one attached hydrogen (secondary N) is 2.